The van der Waals surface area contributed by atoms with Gasteiger partial charge in [-0.1, -0.05) is 17.7 Å². The van der Waals surface area contributed by atoms with Gasteiger partial charge in [0, 0.05) is 17.8 Å². The van der Waals surface area contributed by atoms with Crippen LogP contribution in [0.5, 0.6) is 5.88 Å². The highest BCUT2D eigenvalue weighted by Crippen LogP contribution is 2.32. The number of hydrogen-bond donors (Lipinski definition) is 1. The highest BCUT2D eigenvalue weighted by Gasteiger charge is 2.23. The minimum atomic E-state index is -0.681. The number of ether oxygens (including phenoxy) is 2. The number of nitrogens with zero attached hydrogens (tertiary/aromatic N) is 5. The molecule has 0 radical (unpaired) electrons. The fourth-order valence-corrected chi connectivity index (χ4v) is 3.28. The zero-order valence-electron chi connectivity index (χ0n) is 16.0. The highest BCUT2D eigenvalue weighted by atomic mass is 35.5. The second-order valence-electron chi connectivity index (χ2n) is 6.25. The van der Waals surface area contributed by atoms with Crippen LogP contribution >= 0.6 is 11.6 Å². The highest BCUT2D eigenvalue weighted by molar-refractivity contribution is 6.32. The Morgan fingerprint density at radius 2 is 2.03 bits per heavy atom. The molecule has 10 heteroatoms. The zero-order valence-corrected chi connectivity index (χ0v) is 16.7. The molecular formula is C20H15ClN6O3. The summed E-state index contributed by atoms with van der Waals surface area (Å²) in [5.74, 6) is -0.225. The average molecular weight is 423 g/mol. The molecule has 1 aromatic carbocycles. The molecule has 0 amide bonds. The number of rotatable bonds is 4. The number of esters is 1. The number of methoxy groups -OCH3 is 2. The average Bonchev–Trinajstić information content (AvgIpc) is 3.33. The lowest BCUT2D eigenvalue weighted by molar-refractivity contribution is 0.0593. The number of benzene rings is 1. The lowest BCUT2D eigenvalue weighted by Gasteiger charge is -2.11. The monoisotopic (exact) mass is 422 g/mol. The van der Waals surface area contributed by atoms with Crippen LogP contribution in [0.2, 0.25) is 5.02 Å². The van der Waals surface area contributed by atoms with Crippen molar-refractivity contribution in [1.29, 1.82) is 5.26 Å². The first-order valence-corrected chi connectivity index (χ1v) is 9.04. The van der Waals surface area contributed by atoms with Gasteiger partial charge in [-0.2, -0.15) is 5.26 Å². The fraction of sp³-hybridized carbons (Fsp3) is 0.100. The summed E-state index contributed by atoms with van der Waals surface area (Å²) in [6.07, 6.45) is 3.19. The number of aromatic nitrogens is 4. The van der Waals surface area contributed by atoms with Crippen LogP contribution in [0.15, 0.2) is 42.7 Å². The van der Waals surface area contributed by atoms with Crippen LogP contribution in [0.1, 0.15) is 16.1 Å². The van der Waals surface area contributed by atoms with E-state index in [0.717, 1.165) is 5.56 Å². The third-order valence-electron chi connectivity index (χ3n) is 4.55. The summed E-state index contributed by atoms with van der Waals surface area (Å²) in [6.45, 7) is 0. The van der Waals surface area contributed by atoms with Crippen molar-refractivity contribution in [2.24, 2.45) is 0 Å². The van der Waals surface area contributed by atoms with E-state index >= 15 is 0 Å². The molecule has 0 saturated heterocycles. The summed E-state index contributed by atoms with van der Waals surface area (Å²) in [5, 5.41) is 14.0. The molecule has 0 atom stereocenters. The quantitative estimate of drug-likeness (QED) is 0.501. The fourth-order valence-electron chi connectivity index (χ4n) is 3.07. The first kappa shape index (κ1) is 19.3. The summed E-state index contributed by atoms with van der Waals surface area (Å²) < 4.78 is 13.0. The Bertz CT molecular complexity index is 1330. The van der Waals surface area contributed by atoms with Crippen LogP contribution in [-0.2, 0) is 4.74 Å². The summed E-state index contributed by atoms with van der Waals surface area (Å²) in [6, 6.07) is 10.7. The van der Waals surface area contributed by atoms with E-state index in [1.165, 1.54) is 25.0 Å². The topological polar surface area (TPSA) is 120 Å². The van der Waals surface area contributed by atoms with Crippen LogP contribution in [0.3, 0.4) is 0 Å². The van der Waals surface area contributed by atoms with E-state index in [1.54, 1.807) is 41.0 Å². The molecule has 0 saturated carbocycles. The third-order valence-corrected chi connectivity index (χ3v) is 4.87. The number of nitrogens with two attached hydrogens (primary N) is 1. The van der Waals surface area contributed by atoms with Gasteiger partial charge in [-0.3, -0.25) is 0 Å². The number of halogens is 1. The van der Waals surface area contributed by atoms with Gasteiger partial charge in [-0.25, -0.2) is 14.3 Å². The molecule has 0 unspecified atom stereocenters. The van der Waals surface area contributed by atoms with Gasteiger partial charge in [-0.15, -0.1) is 5.10 Å². The van der Waals surface area contributed by atoms with Crippen molar-refractivity contribution in [2.45, 2.75) is 0 Å². The zero-order chi connectivity index (χ0) is 21.4. The van der Waals surface area contributed by atoms with Gasteiger partial charge in [0.25, 0.3) is 0 Å². The maximum Gasteiger partial charge on any atom is 0.357 e. The van der Waals surface area contributed by atoms with E-state index in [9.17, 15) is 10.1 Å². The second kappa shape index (κ2) is 7.42. The van der Waals surface area contributed by atoms with Gasteiger partial charge in [0.05, 0.1) is 48.1 Å². The van der Waals surface area contributed by atoms with Gasteiger partial charge in [0.2, 0.25) is 5.88 Å². The molecule has 2 N–H and O–H groups in total. The smallest absolute Gasteiger partial charge is 0.357 e. The molecule has 3 heterocycles. The Morgan fingerprint density at radius 1 is 1.23 bits per heavy atom. The van der Waals surface area contributed by atoms with Crippen molar-refractivity contribution in [3.8, 4) is 28.9 Å². The Labute approximate surface area is 175 Å². The summed E-state index contributed by atoms with van der Waals surface area (Å²) >= 11 is 6.41. The Balaban J connectivity index is 1.88. The van der Waals surface area contributed by atoms with Crippen LogP contribution in [0.4, 0.5) is 5.69 Å². The normalized spacial score (nSPS) is 10.7. The largest absolute Gasteiger partial charge is 0.480 e. The number of nitrogen functional groups attached to an aromatic ring is 1. The number of carbonyl (C=O) groups excluding carboxylic acids is 1. The van der Waals surface area contributed by atoms with E-state index in [1.807, 2.05) is 6.07 Å². The molecule has 150 valence electrons. The number of nitriles is 1. The predicted molar refractivity (Wildman–Crippen MR) is 110 cm³/mol. The van der Waals surface area contributed by atoms with E-state index in [0.29, 0.717) is 27.9 Å². The van der Waals surface area contributed by atoms with Crippen molar-refractivity contribution >= 4 is 28.9 Å². The van der Waals surface area contributed by atoms with Crippen LogP contribution in [-0.4, -0.2) is 39.4 Å². The van der Waals surface area contributed by atoms with Gasteiger partial charge < -0.3 is 19.8 Å². The minimum absolute atomic E-state index is 0.0227. The molecule has 0 aliphatic rings. The van der Waals surface area contributed by atoms with E-state index in [4.69, 9.17) is 26.8 Å². The first-order chi connectivity index (χ1) is 14.5. The lowest BCUT2D eigenvalue weighted by atomic mass is 10.1. The Hall–Kier alpha value is -4.03. The standard InChI is InChI=1S/C20H15ClN6O3/c1-29-17-6-5-16-24-14(10-27(16)25-17)11-3-4-13(21)15(7-11)26-9-12(8-22)18(23)19(26)20(28)30-2/h3-7,9-10H,23H2,1-2H3. The summed E-state index contributed by atoms with van der Waals surface area (Å²) in [5.41, 5.74) is 8.61. The number of carbonyl (C=O) groups is 1. The van der Waals surface area contributed by atoms with Crippen LogP contribution in [0, 0.1) is 11.3 Å². The van der Waals surface area contributed by atoms with E-state index < -0.39 is 5.97 Å². The lowest BCUT2D eigenvalue weighted by Crippen LogP contribution is -2.11. The molecule has 0 spiro atoms. The van der Waals surface area contributed by atoms with E-state index in [2.05, 4.69) is 10.1 Å². The van der Waals surface area contributed by atoms with Gasteiger partial charge in [0.15, 0.2) is 11.3 Å². The number of anilines is 1. The summed E-state index contributed by atoms with van der Waals surface area (Å²) in [4.78, 5) is 16.8. The maximum atomic E-state index is 12.3. The molecule has 0 fully saturated rings. The third kappa shape index (κ3) is 3.09. The molecule has 4 aromatic rings. The molecule has 9 nitrogen and oxygen atoms in total. The van der Waals surface area contributed by atoms with Crippen molar-refractivity contribution in [3.63, 3.8) is 0 Å². The molecular weight excluding hydrogens is 408 g/mol. The Kier molecular flexibility index (Phi) is 4.77. The van der Waals surface area contributed by atoms with Crippen molar-refractivity contribution in [2.75, 3.05) is 20.0 Å². The maximum absolute atomic E-state index is 12.3. The molecule has 30 heavy (non-hydrogen) atoms. The molecule has 4 rings (SSSR count). The van der Waals surface area contributed by atoms with Gasteiger partial charge in [-0.05, 0) is 18.2 Å². The molecule has 3 aromatic heterocycles. The minimum Gasteiger partial charge on any atom is -0.480 e. The van der Waals surface area contributed by atoms with Crippen molar-refractivity contribution in [3.05, 3.63) is 59.0 Å². The Morgan fingerprint density at radius 3 is 2.73 bits per heavy atom. The molecule has 0 aliphatic carbocycles. The van der Waals surface area contributed by atoms with Crippen LogP contribution in [0.25, 0.3) is 22.6 Å². The van der Waals surface area contributed by atoms with Crippen LogP contribution < -0.4 is 10.5 Å². The van der Waals surface area contributed by atoms with Crippen molar-refractivity contribution < 1.29 is 14.3 Å². The van der Waals surface area contributed by atoms with Gasteiger partial charge >= 0.3 is 5.97 Å². The summed E-state index contributed by atoms with van der Waals surface area (Å²) in [7, 11) is 2.77. The van der Waals surface area contributed by atoms with Gasteiger partial charge in [0.1, 0.15) is 6.07 Å². The number of imidazole rings is 1. The predicted octanol–water partition coefficient (Wildman–Crippen LogP) is 3.09. The van der Waals surface area contributed by atoms with E-state index in [-0.39, 0.29) is 16.9 Å². The molecule has 0 aliphatic heterocycles. The number of hydrogen-bond acceptors (Lipinski definition) is 7. The first-order valence-electron chi connectivity index (χ1n) is 8.66. The molecule has 0 bridgehead atoms. The number of fused-ring (bicyclic) bond motifs is 1. The SMILES string of the molecule is COC(=O)c1c(N)c(C#N)cn1-c1cc(-c2cn3nc(OC)ccc3n2)ccc1Cl. The second-order valence-corrected chi connectivity index (χ2v) is 6.66. The van der Waals surface area contributed by atoms with Crippen molar-refractivity contribution in [1.82, 2.24) is 19.2 Å².